The minimum Gasteiger partial charge on any atom is -0.348 e. The lowest BCUT2D eigenvalue weighted by molar-refractivity contribution is 0.578. The van der Waals surface area contributed by atoms with Crippen LogP contribution in [0.5, 0.6) is 0 Å². The first kappa shape index (κ1) is 14.5. The van der Waals surface area contributed by atoms with Gasteiger partial charge in [-0.15, -0.1) is 11.3 Å². The molecule has 0 amide bonds. The molecule has 0 aliphatic carbocycles. The van der Waals surface area contributed by atoms with Crippen molar-refractivity contribution < 1.29 is 0 Å². The minimum absolute atomic E-state index is 0.383. The van der Waals surface area contributed by atoms with Crippen LogP contribution in [0.2, 0.25) is 0 Å². The molecular formula is C16H22N4S. The van der Waals surface area contributed by atoms with Crippen LogP contribution >= 0.6 is 11.3 Å². The fourth-order valence-electron chi connectivity index (χ4n) is 2.72. The van der Waals surface area contributed by atoms with Gasteiger partial charge in [0.25, 0.3) is 0 Å². The first-order valence-electron chi connectivity index (χ1n) is 7.52. The predicted molar refractivity (Wildman–Crippen MR) is 87.8 cm³/mol. The summed E-state index contributed by atoms with van der Waals surface area (Å²) in [6.07, 6.45) is 4.90. The second kappa shape index (κ2) is 6.12. The summed E-state index contributed by atoms with van der Waals surface area (Å²) in [5.41, 5.74) is 2.44. The summed E-state index contributed by atoms with van der Waals surface area (Å²) in [4.78, 5) is 13.0. The molecule has 0 spiro atoms. The zero-order chi connectivity index (χ0) is 14.8. The van der Waals surface area contributed by atoms with Crippen molar-refractivity contribution in [3.63, 3.8) is 0 Å². The molecule has 1 N–H and O–H groups in total. The molecule has 0 radical (unpaired) electrons. The van der Waals surface area contributed by atoms with E-state index in [2.05, 4.69) is 52.4 Å². The van der Waals surface area contributed by atoms with Gasteiger partial charge in [-0.25, -0.2) is 4.98 Å². The van der Waals surface area contributed by atoms with Crippen LogP contribution in [-0.2, 0) is 13.0 Å². The molecule has 3 rings (SSSR count). The third-order valence-electron chi connectivity index (χ3n) is 3.95. The Labute approximate surface area is 130 Å². The van der Waals surface area contributed by atoms with Gasteiger partial charge < -0.3 is 10.2 Å². The number of anilines is 1. The quantitative estimate of drug-likeness (QED) is 0.942. The van der Waals surface area contributed by atoms with E-state index in [-0.39, 0.29) is 0 Å². The summed E-state index contributed by atoms with van der Waals surface area (Å²) in [6, 6.07) is 3.09. The number of hydrogen-bond donors (Lipinski definition) is 1. The lowest BCUT2D eigenvalue weighted by atomic mass is 10.0. The van der Waals surface area contributed by atoms with E-state index in [9.17, 15) is 0 Å². The average Bonchev–Trinajstić information content (AvgIpc) is 2.96. The average molecular weight is 302 g/mol. The molecule has 0 aromatic carbocycles. The molecule has 2 aromatic heterocycles. The number of fused-ring (bicyclic) bond motifs is 1. The minimum atomic E-state index is 0.383. The zero-order valence-corrected chi connectivity index (χ0v) is 13.7. The molecule has 1 aliphatic heterocycles. The van der Waals surface area contributed by atoms with E-state index in [4.69, 9.17) is 0 Å². The van der Waals surface area contributed by atoms with Crippen LogP contribution in [0.1, 0.15) is 42.9 Å². The summed E-state index contributed by atoms with van der Waals surface area (Å²) in [5, 5.41) is 5.56. The Morgan fingerprint density at radius 3 is 2.95 bits per heavy atom. The van der Waals surface area contributed by atoms with Crippen molar-refractivity contribution in [2.45, 2.75) is 45.8 Å². The van der Waals surface area contributed by atoms with Crippen LogP contribution in [0.15, 0.2) is 23.8 Å². The van der Waals surface area contributed by atoms with Crippen molar-refractivity contribution in [1.29, 1.82) is 0 Å². The summed E-state index contributed by atoms with van der Waals surface area (Å²) in [7, 11) is 0. The molecule has 0 bridgehead atoms. The highest BCUT2D eigenvalue weighted by Crippen LogP contribution is 2.34. The third kappa shape index (κ3) is 3.09. The summed E-state index contributed by atoms with van der Waals surface area (Å²) < 4.78 is 0. The predicted octanol–water partition coefficient (Wildman–Crippen LogP) is 3.16. The lowest BCUT2D eigenvalue weighted by Crippen LogP contribution is -2.33. The molecule has 21 heavy (non-hydrogen) atoms. The highest BCUT2D eigenvalue weighted by Gasteiger charge is 2.25. The Morgan fingerprint density at radius 1 is 1.38 bits per heavy atom. The molecule has 1 aliphatic rings. The van der Waals surface area contributed by atoms with E-state index >= 15 is 0 Å². The van der Waals surface area contributed by atoms with Gasteiger partial charge in [-0.3, -0.25) is 4.98 Å². The van der Waals surface area contributed by atoms with Crippen molar-refractivity contribution >= 4 is 17.2 Å². The number of nitrogens with zero attached hydrogens (tertiary/aromatic N) is 3. The Bertz CT molecular complexity index is 591. The van der Waals surface area contributed by atoms with E-state index < -0.39 is 0 Å². The van der Waals surface area contributed by atoms with Gasteiger partial charge in [0, 0.05) is 24.0 Å². The van der Waals surface area contributed by atoms with Gasteiger partial charge in [-0.2, -0.15) is 0 Å². The van der Waals surface area contributed by atoms with Crippen LogP contribution in [0.4, 0.5) is 5.82 Å². The van der Waals surface area contributed by atoms with E-state index in [0.29, 0.717) is 12.1 Å². The summed E-state index contributed by atoms with van der Waals surface area (Å²) in [6.45, 7) is 8.31. The number of rotatable bonds is 4. The van der Waals surface area contributed by atoms with E-state index in [1.165, 1.54) is 10.4 Å². The first-order chi connectivity index (χ1) is 10.1. The monoisotopic (exact) mass is 302 g/mol. The van der Waals surface area contributed by atoms with Gasteiger partial charge in [0.15, 0.2) is 0 Å². The molecule has 5 heteroatoms. The second-order valence-electron chi connectivity index (χ2n) is 5.82. The smallest absolute Gasteiger partial charge is 0.147 e. The summed E-state index contributed by atoms with van der Waals surface area (Å²) in [5.74, 6) is 0.979. The van der Waals surface area contributed by atoms with E-state index in [0.717, 1.165) is 31.0 Å². The maximum atomic E-state index is 4.61. The SMILES string of the molecule is CC(C)NCc1cnc(N2CCc3sccc3C2C)cn1. The Morgan fingerprint density at radius 2 is 2.24 bits per heavy atom. The van der Waals surface area contributed by atoms with Crippen molar-refractivity contribution in [2.24, 2.45) is 0 Å². The molecule has 112 valence electrons. The Hall–Kier alpha value is -1.46. The highest BCUT2D eigenvalue weighted by molar-refractivity contribution is 7.10. The second-order valence-corrected chi connectivity index (χ2v) is 6.82. The molecule has 2 aromatic rings. The van der Waals surface area contributed by atoms with Crippen LogP contribution in [0.3, 0.4) is 0 Å². The fraction of sp³-hybridized carbons (Fsp3) is 0.500. The normalized spacial score (nSPS) is 18.1. The van der Waals surface area contributed by atoms with Gasteiger partial charge in [-0.05, 0) is 30.4 Å². The standard InChI is InChI=1S/C16H22N4S/c1-11(2)17-8-13-9-19-16(10-18-13)20-6-4-15-14(12(20)3)5-7-21-15/h5,7,9-12,17H,4,6,8H2,1-3H3. The van der Waals surface area contributed by atoms with Crippen molar-refractivity contribution in [3.05, 3.63) is 40.0 Å². The van der Waals surface area contributed by atoms with Crippen molar-refractivity contribution in [2.75, 3.05) is 11.4 Å². The Kier molecular flexibility index (Phi) is 4.22. The van der Waals surface area contributed by atoms with Gasteiger partial charge in [-0.1, -0.05) is 13.8 Å². The lowest BCUT2D eigenvalue weighted by Gasteiger charge is -2.34. The molecule has 0 saturated carbocycles. The number of aromatic nitrogens is 2. The van der Waals surface area contributed by atoms with Crippen LogP contribution < -0.4 is 10.2 Å². The van der Waals surface area contributed by atoms with Crippen molar-refractivity contribution in [3.8, 4) is 0 Å². The molecular weight excluding hydrogens is 280 g/mol. The van der Waals surface area contributed by atoms with E-state index in [1.807, 2.05) is 23.7 Å². The van der Waals surface area contributed by atoms with Gasteiger partial charge >= 0.3 is 0 Å². The van der Waals surface area contributed by atoms with Gasteiger partial charge in [0.1, 0.15) is 5.82 Å². The van der Waals surface area contributed by atoms with Crippen LogP contribution in [-0.4, -0.2) is 22.6 Å². The van der Waals surface area contributed by atoms with Gasteiger partial charge in [0.05, 0.1) is 24.1 Å². The largest absolute Gasteiger partial charge is 0.348 e. The molecule has 1 atom stereocenters. The molecule has 0 saturated heterocycles. The summed E-state index contributed by atoms with van der Waals surface area (Å²) >= 11 is 1.87. The maximum absolute atomic E-state index is 4.61. The van der Waals surface area contributed by atoms with Crippen molar-refractivity contribution in [1.82, 2.24) is 15.3 Å². The highest BCUT2D eigenvalue weighted by atomic mass is 32.1. The Balaban J connectivity index is 1.73. The number of nitrogens with one attached hydrogen (secondary N) is 1. The molecule has 3 heterocycles. The maximum Gasteiger partial charge on any atom is 0.147 e. The number of hydrogen-bond acceptors (Lipinski definition) is 5. The van der Waals surface area contributed by atoms with Gasteiger partial charge in [0.2, 0.25) is 0 Å². The molecule has 4 nitrogen and oxygen atoms in total. The first-order valence-corrected chi connectivity index (χ1v) is 8.40. The topological polar surface area (TPSA) is 41.1 Å². The van der Waals surface area contributed by atoms with E-state index in [1.54, 1.807) is 0 Å². The molecule has 0 fully saturated rings. The third-order valence-corrected chi connectivity index (χ3v) is 4.95. The number of thiophene rings is 1. The van der Waals surface area contributed by atoms with Crippen LogP contribution in [0.25, 0.3) is 0 Å². The van der Waals surface area contributed by atoms with Crippen LogP contribution in [0, 0.1) is 0 Å². The fourth-order valence-corrected chi connectivity index (χ4v) is 3.68. The zero-order valence-electron chi connectivity index (χ0n) is 12.8. The molecule has 1 unspecified atom stereocenters.